The minimum absolute atomic E-state index is 0.434. The zero-order valence-corrected chi connectivity index (χ0v) is 9.27. The molecule has 0 spiro atoms. The van der Waals surface area contributed by atoms with Crippen molar-refractivity contribution < 1.29 is 9.15 Å². The number of hydrogen-bond acceptors (Lipinski definition) is 3. The Bertz CT molecular complexity index is 445. The molecule has 2 rings (SSSR count). The predicted octanol–water partition coefficient (Wildman–Crippen LogP) is 2.63. The second-order valence-electron chi connectivity index (χ2n) is 3.73. The van der Waals surface area contributed by atoms with Gasteiger partial charge in [-0.1, -0.05) is 17.7 Å². The maximum atomic E-state index is 5.57. The third kappa shape index (κ3) is 2.64. The lowest BCUT2D eigenvalue weighted by molar-refractivity contribution is 0.270. The van der Waals surface area contributed by atoms with Crippen molar-refractivity contribution in [3.8, 4) is 5.75 Å². The number of nitrogens with two attached hydrogens (primary N) is 1. The van der Waals surface area contributed by atoms with E-state index < -0.39 is 0 Å². The van der Waals surface area contributed by atoms with Gasteiger partial charge in [0.1, 0.15) is 18.1 Å². The van der Waals surface area contributed by atoms with Gasteiger partial charge in [-0.2, -0.15) is 0 Å². The van der Waals surface area contributed by atoms with Crippen LogP contribution in [0, 0.1) is 6.92 Å². The Labute approximate surface area is 94.8 Å². The van der Waals surface area contributed by atoms with Crippen molar-refractivity contribution in [2.75, 3.05) is 0 Å². The molecule has 0 saturated heterocycles. The van der Waals surface area contributed by atoms with E-state index in [2.05, 4.69) is 0 Å². The van der Waals surface area contributed by atoms with Crippen LogP contribution in [-0.4, -0.2) is 0 Å². The highest BCUT2D eigenvalue weighted by molar-refractivity contribution is 5.26. The van der Waals surface area contributed by atoms with Crippen molar-refractivity contribution in [1.82, 2.24) is 0 Å². The van der Waals surface area contributed by atoms with Gasteiger partial charge in [0, 0.05) is 12.1 Å². The molecule has 0 amide bonds. The molecular formula is C13H15NO2. The molecule has 0 saturated carbocycles. The summed E-state index contributed by atoms with van der Waals surface area (Å²) < 4.78 is 10.9. The van der Waals surface area contributed by atoms with Crippen LogP contribution in [0.15, 0.2) is 41.0 Å². The summed E-state index contributed by atoms with van der Waals surface area (Å²) in [5.41, 5.74) is 7.69. The number of aryl methyl sites for hydroxylation is 1. The SMILES string of the molecule is Cc1ccc(OCc2cc(CN)co2)cc1. The first-order valence-electron chi connectivity index (χ1n) is 5.24. The second-order valence-corrected chi connectivity index (χ2v) is 3.73. The van der Waals surface area contributed by atoms with Crippen LogP contribution in [0.25, 0.3) is 0 Å². The highest BCUT2D eigenvalue weighted by Gasteiger charge is 2.01. The average molecular weight is 217 g/mol. The van der Waals surface area contributed by atoms with E-state index in [0.29, 0.717) is 13.2 Å². The molecule has 0 radical (unpaired) electrons. The Morgan fingerprint density at radius 3 is 2.62 bits per heavy atom. The molecule has 0 aliphatic heterocycles. The van der Waals surface area contributed by atoms with Crippen LogP contribution in [0.2, 0.25) is 0 Å². The van der Waals surface area contributed by atoms with Gasteiger partial charge in [-0.05, 0) is 25.1 Å². The minimum atomic E-state index is 0.434. The molecule has 1 aromatic carbocycles. The fourth-order valence-corrected chi connectivity index (χ4v) is 1.40. The zero-order valence-electron chi connectivity index (χ0n) is 9.27. The predicted molar refractivity (Wildman–Crippen MR) is 62.1 cm³/mol. The number of ether oxygens (including phenoxy) is 1. The molecule has 0 atom stereocenters. The van der Waals surface area contributed by atoms with Crippen LogP contribution in [0.1, 0.15) is 16.9 Å². The van der Waals surface area contributed by atoms with E-state index >= 15 is 0 Å². The first-order valence-corrected chi connectivity index (χ1v) is 5.24. The smallest absolute Gasteiger partial charge is 0.146 e. The third-order valence-electron chi connectivity index (χ3n) is 2.35. The summed E-state index contributed by atoms with van der Waals surface area (Å²) in [6, 6.07) is 9.84. The molecule has 0 bridgehead atoms. The number of furan rings is 1. The van der Waals surface area contributed by atoms with Gasteiger partial charge in [0.15, 0.2) is 0 Å². The summed E-state index contributed by atoms with van der Waals surface area (Å²) in [6.45, 7) is 2.97. The molecule has 84 valence electrons. The number of hydrogen-bond donors (Lipinski definition) is 1. The van der Waals surface area contributed by atoms with Crippen LogP contribution in [0.5, 0.6) is 5.75 Å². The summed E-state index contributed by atoms with van der Waals surface area (Å²) in [5, 5.41) is 0. The monoisotopic (exact) mass is 217 g/mol. The van der Waals surface area contributed by atoms with Gasteiger partial charge < -0.3 is 14.9 Å². The largest absolute Gasteiger partial charge is 0.486 e. The maximum Gasteiger partial charge on any atom is 0.146 e. The van der Waals surface area contributed by atoms with Crippen LogP contribution in [0.4, 0.5) is 0 Å². The number of rotatable bonds is 4. The lowest BCUT2D eigenvalue weighted by atomic mass is 10.2. The summed E-state index contributed by atoms with van der Waals surface area (Å²) in [7, 11) is 0. The number of benzene rings is 1. The zero-order chi connectivity index (χ0) is 11.4. The highest BCUT2D eigenvalue weighted by atomic mass is 16.5. The van der Waals surface area contributed by atoms with Gasteiger partial charge in [-0.25, -0.2) is 0 Å². The summed E-state index contributed by atoms with van der Waals surface area (Å²) in [6.07, 6.45) is 1.66. The van der Waals surface area contributed by atoms with E-state index in [9.17, 15) is 0 Å². The van der Waals surface area contributed by atoms with E-state index in [-0.39, 0.29) is 0 Å². The van der Waals surface area contributed by atoms with Gasteiger partial charge in [0.2, 0.25) is 0 Å². The molecular weight excluding hydrogens is 202 g/mol. The van der Waals surface area contributed by atoms with E-state index in [1.807, 2.05) is 37.3 Å². The maximum absolute atomic E-state index is 5.57. The molecule has 2 aromatic rings. The molecule has 2 N–H and O–H groups in total. The van der Waals surface area contributed by atoms with E-state index in [1.165, 1.54) is 5.56 Å². The molecule has 1 heterocycles. The molecule has 3 heteroatoms. The second kappa shape index (κ2) is 4.86. The molecule has 0 aliphatic carbocycles. The fraction of sp³-hybridized carbons (Fsp3) is 0.231. The lowest BCUT2D eigenvalue weighted by Crippen LogP contribution is -1.95. The molecule has 3 nitrogen and oxygen atoms in total. The first-order chi connectivity index (χ1) is 7.78. The summed E-state index contributed by atoms with van der Waals surface area (Å²) >= 11 is 0. The van der Waals surface area contributed by atoms with Gasteiger partial charge in [-0.15, -0.1) is 0 Å². The molecule has 0 fully saturated rings. The van der Waals surface area contributed by atoms with Crippen molar-refractivity contribution in [3.05, 3.63) is 53.5 Å². The quantitative estimate of drug-likeness (QED) is 0.856. The Morgan fingerprint density at radius 2 is 2.00 bits per heavy atom. The van der Waals surface area contributed by atoms with Gasteiger partial charge >= 0.3 is 0 Å². The highest BCUT2D eigenvalue weighted by Crippen LogP contribution is 2.14. The van der Waals surface area contributed by atoms with Crippen molar-refractivity contribution in [3.63, 3.8) is 0 Å². The van der Waals surface area contributed by atoms with Crippen molar-refractivity contribution >= 4 is 0 Å². The van der Waals surface area contributed by atoms with Crippen LogP contribution >= 0.6 is 0 Å². The summed E-state index contributed by atoms with van der Waals surface area (Å²) in [4.78, 5) is 0. The van der Waals surface area contributed by atoms with Crippen LogP contribution in [0.3, 0.4) is 0 Å². The van der Waals surface area contributed by atoms with E-state index in [0.717, 1.165) is 17.1 Å². The van der Waals surface area contributed by atoms with Gasteiger partial charge in [0.05, 0.1) is 6.26 Å². The standard InChI is InChI=1S/C13H15NO2/c1-10-2-4-12(5-3-10)16-9-13-6-11(7-14)8-15-13/h2-6,8H,7,9,14H2,1H3. The van der Waals surface area contributed by atoms with Gasteiger partial charge in [0.25, 0.3) is 0 Å². The van der Waals surface area contributed by atoms with Crippen molar-refractivity contribution in [2.24, 2.45) is 5.73 Å². The van der Waals surface area contributed by atoms with Crippen molar-refractivity contribution in [1.29, 1.82) is 0 Å². The Balaban J connectivity index is 1.94. The van der Waals surface area contributed by atoms with Gasteiger partial charge in [-0.3, -0.25) is 0 Å². The average Bonchev–Trinajstić information content (AvgIpc) is 2.76. The molecule has 1 aromatic heterocycles. The normalized spacial score (nSPS) is 10.4. The topological polar surface area (TPSA) is 48.4 Å². The van der Waals surface area contributed by atoms with Crippen LogP contribution < -0.4 is 10.5 Å². The third-order valence-corrected chi connectivity index (χ3v) is 2.35. The molecule has 0 aliphatic rings. The fourth-order valence-electron chi connectivity index (χ4n) is 1.40. The molecule has 16 heavy (non-hydrogen) atoms. The lowest BCUT2D eigenvalue weighted by Gasteiger charge is -2.03. The first kappa shape index (κ1) is 10.8. The van der Waals surface area contributed by atoms with E-state index in [1.54, 1.807) is 6.26 Å². The van der Waals surface area contributed by atoms with E-state index in [4.69, 9.17) is 14.9 Å². The Kier molecular flexibility index (Phi) is 3.27. The Hall–Kier alpha value is -1.74. The van der Waals surface area contributed by atoms with Crippen LogP contribution in [-0.2, 0) is 13.2 Å². The molecule has 0 unspecified atom stereocenters. The Morgan fingerprint density at radius 1 is 1.25 bits per heavy atom. The summed E-state index contributed by atoms with van der Waals surface area (Å²) in [5.74, 6) is 1.64. The minimum Gasteiger partial charge on any atom is -0.486 e. The van der Waals surface area contributed by atoms with Crippen molar-refractivity contribution in [2.45, 2.75) is 20.1 Å².